The summed E-state index contributed by atoms with van der Waals surface area (Å²) in [6.45, 7) is 7.44. The van der Waals surface area contributed by atoms with Crippen LogP contribution in [0.3, 0.4) is 0 Å². The van der Waals surface area contributed by atoms with Crippen LogP contribution in [0.1, 0.15) is 150 Å². The van der Waals surface area contributed by atoms with Crippen LogP contribution in [-0.4, -0.2) is 57.3 Å². The number of unbranched alkanes of at least 4 members (excludes halogenated alkanes) is 14. The van der Waals surface area contributed by atoms with Gasteiger partial charge < -0.3 is 20.1 Å². The van der Waals surface area contributed by atoms with Gasteiger partial charge in [-0.25, -0.2) is 9.59 Å². The molecule has 0 amide bonds. The molecule has 228 valence electrons. The fraction of sp³-hybridized carbons (Fsp3) is 0.844. The zero-order chi connectivity index (χ0) is 29.5. The van der Waals surface area contributed by atoms with Gasteiger partial charge >= 0.3 is 11.9 Å². The summed E-state index contributed by atoms with van der Waals surface area (Å²) in [5, 5.41) is 32.1. The molecular formula is C32H59NO6. The van der Waals surface area contributed by atoms with Crippen LogP contribution in [-0.2, 0) is 14.4 Å². The number of aliphatic carboxylic acids is 3. The third-order valence-corrected chi connectivity index (χ3v) is 8.31. The van der Waals surface area contributed by atoms with E-state index in [1.807, 2.05) is 0 Å². The van der Waals surface area contributed by atoms with Gasteiger partial charge in [-0.05, 0) is 32.1 Å². The average Bonchev–Trinajstić information content (AvgIpc) is 2.88. The topological polar surface area (TPSA) is 115 Å². The van der Waals surface area contributed by atoms with Gasteiger partial charge in [0.15, 0.2) is 12.1 Å². The number of hydrogen-bond acceptors (Lipinski definition) is 4. The van der Waals surface area contributed by atoms with Crippen molar-refractivity contribution in [2.45, 2.75) is 168 Å². The number of carboxylic acid groups (broad SMARTS) is 3. The molecule has 3 unspecified atom stereocenters. The minimum atomic E-state index is -1.36. The Bertz CT molecular complexity index is 637. The monoisotopic (exact) mass is 553 g/mol. The summed E-state index contributed by atoms with van der Waals surface area (Å²) in [7, 11) is 0. The summed E-state index contributed by atoms with van der Waals surface area (Å²) >= 11 is 0. The molecule has 0 aliphatic rings. The highest BCUT2D eigenvalue weighted by atomic mass is 16.4. The van der Waals surface area contributed by atoms with Gasteiger partial charge in [0.05, 0.1) is 12.5 Å². The minimum absolute atomic E-state index is 0.131. The molecule has 0 aliphatic carbocycles. The molecule has 0 rings (SSSR count). The quantitative estimate of drug-likeness (QED) is 0.0651. The Balaban J connectivity index is 4.55. The molecule has 7 heteroatoms. The standard InChI is InChI=1S/C32H59NO6/c1-5-9-10-11-12-13-14-15-16-17-18-19-20-21-22-23-24-25-26-33(27(6-2)30(34)35,28(7-3)31(36)37)29(8-4)32(38)39/h9-10,27-29H,5-8,11-26H2,1-4H3,(H2-,34,35,36,37,38,39)/b10-9+. The third-order valence-electron chi connectivity index (χ3n) is 8.31. The predicted octanol–water partition coefficient (Wildman–Crippen LogP) is 6.88. The van der Waals surface area contributed by atoms with Crippen molar-refractivity contribution in [3.05, 3.63) is 12.2 Å². The maximum absolute atomic E-state index is 12.2. The smallest absolute Gasteiger partial charge is 0.362 e. The minimum Gasteiger partial charge on any atom is -0.544 e. The molecule has 0 bridgehead atoms. The largest absolute Gasteiger partial charge is 0.544 e. The van der Waals surface area contributed by atoms with Gasteiger partial charge in [-0.15, -0.1) is 0 Å². The number of carboxylic acids is 3. The van der Waals surface area contributed by atoms with Crippen molar-refractivity contribution in [1.82, 2.24) is 0 Å². The van der Waals surface area contributed by atoms with Crippen molar-refractivity contribution in [1.29, 1.82) is 0 Å². The molecule has 0 aromatic carbocycles. The summed E-state index contributed by atoms with van der Waals surface area (Å²) in [6.07, 6.45) is 23.8. The number of rotatable bonds is 27. The number of nitrogens with zero attached hydrogens (tertiary/aromatic N) is 1. The molecule has 0 spiro atoms. The van der Waals surface area contributed by atoms with E-state index in [9.17, 15) is 29.7 Å². The highest BCUT2D eigenvalue weighted by Crippen LogP contribution is 2.32. The lowest BCUT2D eigenvalue weighted by molar-refractivity contribution is -0.974. The van der Waals surface area contributed by atoms with Gasteiger partial charge in [-0.3, -0.25) is 4.48 Å². The molecule has 0 saturated carbocycles. The summed E-state index contributed by atoms with van der Waals surface area (Å²) in [5.41, 5.74) is 0. The summed E-state index contributed by atoms with van der Waals surface area (Å²) in [5.74, 6) is -3.65. The molecular weight excluding hydrogens is 494 g/mol. The van der Waals surface area contributed by atoms with Crippen LogP contribution in [0.15, 0.2) is 12.2 Å². The van der Waals surface area contributed by atoms with Gasteiger partial charge in [-0.2, -0.15) is 0 Å². The highest BCUT2D eigenvalue weighted by molar-refractivity contribution is 5.77. The zero-order valence-corrected chi connectivity index (χ0v) is 25.5. The SMILES string of the molecule is CC/C=C/CCCCCCCCCCCCCCCC[N+](C(CC)C(=O)[O-])(C(CC)C(=O)O)C(CC)C(=O)O. The number of quaternary nitrogens is 1. The fourth-order valence-corrected chi connectivity index (χ4v) is 6.32. The van der Waals surface area contributed by atoms with Gasteiger partial charge in [0.25, 0.3) is 0 Å². The molecule has 0 heterocycles. The van der Waals surface area contributed by atoms with Crippen molar-refractivity contribution < 1.29 is 34.2 Å². The van der Waals surface area contributed by atoms with E-state index in [4.69, 9.17) is 0 Å². The van der Waals surface area contributed by atoms with Gasteiger partial charge in [-0.1, -0.05) is 110 Å². The molecule has 2 N–H and O–H groups in total. The van der Waals surface area contributed by atoms with E-state index in [1.54, 1.807) is 20.8 Å². The second kappa shape index (κ2) is 22.9. The van der Waals surface area contributed by atoms with Crippen LogP contribution in [0.4, 0.5) is 0 Å². The number of carbonyl (C=O) groups is 3. The molecule has 0 radical (unpaired) electrons. The summed E-state index contributed by atoms with van der Waals surface area (Å²) in [4.78, 5) is 36.6. The summed E-state index contributed by atoms with van der Waals surface area (Å²) < 4.78 is -0.466. The Kier molecular flexibility index (Phi) is 21.8. The van der Waals surface area contributed by atoms with E-state index in [0.717, 1.165) is 25.7 Å². The summed E-state index contributed by atoms with van der Waals surface area (Å²) in [6, 6.07) is -3.37. The van der Waals surface area contributed by atoms with Crippen LogP contribution < -0.4 is 5.11 Å². The third kappa shape index (κ3) is 13.8. The van der Waals surface area contributed by atoms with Gasteiger partial charge in [0.2, 0.25) is 0 Å². The van der Waals surface area contributed by atoms with Crippen LogP contribution in [0.2, 0.25) is 0 Å². The van der Waals surface area contributed by atoms with Crippen molar-refractivity contribution in [3.63, 3.8) is 0 Å². The Hall–Kier alpha value is -1.89. The lowest BCUT2D eigenvalue weighted by Gasteiger charge is -2.51. The van der Waals surface area contributed by atoms with Gasteiger partial charge in [0.1, 0.15) is 6.04 Å². The van der Waals surface area contributed by atoms with E-state index >= 15 is 0 Å². The van der Waals surface area contributed by atoms with Crippen LogP contribution in [0.25, 0.3) is 0 Å². The first kappa shape index (κ1) is 37.1. The molecule has 0 aromatic heterocycles. The van der Waals surface area contributed by atoms with Crippen molar-refractivity contribution in [2.75, 3.05) is 6.54 Å². The van der Waals surface area contributed by atoms with E-state index in [2.05, 4.69) is 19.1 Å². The number of allylic oxidation sites excluding steroid dienone is 2. The van der Waals surface area contributed by atoms with Crippen LogP contribution in [0.5, 0.6) is 0 Å². The first-order valence-electron chi connectivity index (χ1n) is 15.9. The van der Waals surface area contributed by atoms with E-state index in [1.165, 1.54) is 70.6 Å². The van der Waals surface area contributed by atoms with Crippen LogP contribution >= 0.6 is 0 Å². The zero-order valence-electron chi connectivity index (χ0n) is 25.5. The lowest BCUT2D eigenvalue weighted by atomic mass is 9.93. The Morgan fingerprint density at radius 1 is 0.590 bits per heavy atom. The normalized spacial score (nSPS) is 15.6. The Labute approximate surface area is 238 Å². The Morgan fingerprint density at radius 2 is 0.949 bits per heavy atom. The van der Waals surface area contributed by atoms with E-state index in [0.29, 0.717) is 6.42 Å². The fourth-order valence-electron chi connectivity index (χ4n) is 6.32. The molecule has 0 fully saturated rings. The molecule has 3 atom stereocenters. The molecule has 0 aliphatic heterocycles. The highest BCUT2D eigenvalue weighted by Gasteiger charge is 2.53. The second-order valence-electron chi connectivity index (χ2n) is 11.1. The average molecular weight is 554 g/mol. The molecule has 39 heavy (non-hydrogen) atoms. The number of carbonyl (C=O) groups excluding carboxylic acids is 1. The first-order valence-corrected chi connectivity index (χ1v) is 15.9. The van der Waals surface area contributed by atoms with E-state index < -0.39 is 40.5 Å². The molecule has 0 aromatic rings. The number of hydrogen-bond donors (Lipinski definition) is 2. The van der Waals surface area contributed by atoms with Crippen LogP contribution in [0, 0.1) is 0 Å². The van der Waals surface area contributed by atoms with Crippen molar-refractivity contribution in [3.8, 4) is 0 Å². The second-order valence-corrected chi connectivity index (χ2v) is 11.1. The van der Waals surface area contributed by atoms with Crippen molar-refractivity contribution >= 4 is 17.9 Å². The predicted molar refractivity (Wildman–Crippen MR) is 156 cm³/mol. The maximum Gasteiger partial charge on any atom is 0.362 e. The maximum atomic E-state index is 12.2. The first-order chi connectivity index (χ1) is 18.7. The Morgan fingerprint density at radius 3 is 1.26 bits per heavy atom. The molecule has 0 saturated heterocycles. The lowest BCUT2D eigenvalue weighted by Crippen LogP contribution is -2.73. The van der Waals surface area contributed by atoms with E-state index in [-0.39, 0.29) is 25.8 Å². The van der Waals surface area contributed by atoms with Gasteiger partial charge in [0, 0.05) is 19.3 Å². The van der Waals surface area contributed by atoms with Crippen molar-refractivity contribution in [2.24, 2.45) is 0 Å². The molecule has 7 nitrogen and oxygen atoms in total.